The Balaban J connectivity index is 1.21. The van der Waals surface area contributed by atoms with Gasteiger partial charge in [-0.15, -0.1) is 11.3 Å². The molecule has 2 amide bonds. The van der Waals surface area contributed by atoms with Gasteiger partial charge in [-0.05, 0) is 42.7 Å². The quantitative estimate of drug-likeness (QED) is 0.259. The maximum Gasteiger partial charge on any atom is 0.243 e. The Kier molecular flexibility index (Phi) is 10.4. The summed E-state index contributed by atoms with van der Waals surface area (Å²) in [6.45, 7) is 2.19. The molecule has 8 nitrogen and oxygen atoms in total. The number of hydrogen-bond donors (Lipinski definition) is 4. The minimum absolute atomic E-state index is 0.000357. The highest BCUT2D eigenvalue weighted by molar-refractivity contribution is 8.01. The van der Waals surface area contributed by atoms with Crippen LogP contribution in [0.25, 0.3) is 11.3 Å². The zero-order valence-electron chi connectivity index (χ0n) is 20.5. The van der Waals surface area contributed by atoms with E-state index >= 15 is 0 Å². The highest BCUT2D eigenvalue weighted by Gasteiger charge is 2.21. The van der Waals surface area contributed by atoms with Crippen molar-refractivity contribution in [2.24, 2.45) is 5.73 Å². The van der Waals surface area contributed by atoms with Crippen molar-refractivity contribution in [3.8, 4) is 11.3 Å². The van der Waals surface area contributed by atoms with Crippen molar-refractivity contribution in [1.29, 1.82) is 0 Å². The summed E-state index contributed by atoms with van der Waals surface area (Å²) in [4.78, 5) is 31.5. The van der Waals surface area contributed by atoms with Gasteiger partial charge in [-0.2, -0.15) is 0 Å². The van der Waals surface area contributed by atoms with E-state index in [-0.39, 0.29) is 11.9 Å². The molecule has 1 aromatic heterocycles. The average Bonchev–Trinajstić information content (AvgIpc) is 3.40. The normalized spacial score (nSPS) is 15.3. The lowest BCUT2D eigenvalue weighted by atomic mass is 10.0. The molecule has 2 heterocycles. The SMILES string of the molecule is N[C@@H](CO)C(=O)Nc1cccc(-c2csc(SCC(=O)NC3CCN(Cc4ccc(Cl)c(Cl)c4)CC3)n2)c1. The van der Waals surface area contributed by atoms with Crippen molar-refractivity contribution in [2.45, 2.75) is 35.8 Å². The molecule has 0 unspecified atom stereocenters. The number of nitrogens with zero attached hydrogens (tertiary/aromatic N) is 2. The van der Waals surface area contributed by atoms with Gasteiger partial charge in [0.2, 0.25) is 11.8 Å². The highest BCUT2D eigenvalue weighted by Crippen LogP contribution is 2.30. The summed E-state index contributed by atoms with van der Waals surface area (Å²) in [5, 5.41) is 17.9. The van der Waals surface area contributed by atoms with E-state index in [0.717, 1.165) is 53.6 Å². The van der Waals surface area contributed by atoms with Gasteiger partial charge in [0.25, 0.3) is 0 Å². The molecule has 0 spiro atoms. The number of aliphatic hydroxyl groups excluding tert-OH is 1. The summed E-state index contributed by atoms with van der Waals surface area (Å²) in [6.07, 6.45) is 1.80. The first-order chi connectivity index (χ1) is 18.3. The summed E-state index contributed by atoms with van der Waals surface area (Å²) in [7, 11) is 0. The Bertz CT molecular complexity index is 1270. The first-order valence-electron chi connectivity index (χ1n) is 12.1. The lowest BCUT2D eigenvalue weighted by Crippen LogP contribution is -2.44. The van der Waals surface area contributed by atoms with Crippen molar-refractivity contribution < 1.29 is 14.7 Å². The lowest BCUT2D eigenvalue weighted by molar-refractivity contribution is -0.119. The van der Waals surface area contributed by atoms with Crippen molar-refractivity contribution in [1.82, 2.24) is 15.2 Å². The number of amides is 2. The van der Waals surface area contributed by atoms with E-state index in [4.69, 9.17) is 34.0 Å². The molecule has 1 saturated heterocycles. The van der Waals surface area contributed by atoms with Crippen LogP contribution in [0.3, 0.4) is 0 Å². The number of likely N-dealkylation sites (tertiary alicyclic amines) is 1. The summed E-state index contributed by atoms with van der Waals surface area (Å²) >= 11 is 15.0. The number of aliphatic hydroxyl groups is 1. The van der Waals surface area contributed by atoms with Crippen LogP contribution in [0.1, 0.15) is 18.4 Å². The average molecular weight is 595 g/mol. The van der Waals surface area contributed by atoms with E-state index in [1.54, 1.807) is 12.1 Å². The summed E-state index contributed by atoms with van der Waals surface area (Å²) < 4.78 is 0.795. The molecule has 0 bridgehead atoms. The molecule has 1 aliphatic rings. The number of anilines is 1. The molecule has 1 aliphatic heterocycles. The number of halogens is 2. The van der Waals surface area contributed by atoms with E-state index < -0.39 is 18.6 Å². The maximum absolute atomic E-state index is 12.6. The maximum atomic E-state index is 12.6. The molecule has 38 heavy (non-hydrogen) atoms. The molecular weight excluding hydrogens is 565 g/mol. The first kappa shape index (κ1) is 28.8. The van der Waals surface area contributed by atoms with Crippen molar-refractivity contribution in [3.63, 3.8) is 0 Å². The monoisotopic (exact) mass is 593 g/mol. The van der Waals surface area contributed by atoms with E-state index in [9.17, 15) is 9.59 Å². The van der Waals surface area contributed by atoms with Gasteiger partial charge in [0, 0.05) is 42.3 Å². The van der Waals surface area contributed by atoms with Gasteiger partial charge in [0.05, 0.1) is 28.1 Å². The fourth-order valence-corrected chi connectivity index (χ4v) is 6.03. The van der Waals surface area contributed by atoms with E-state index in [2.05, 4.69) is 20.5 Å². The van der Waals surface area contributed by atoms with Crippen molar-refractivity contribution >= 4 is 63.8 Å². The molecule has 5 N–H and O–H groups in total. The predicted octanol–water partition coefficient (Wildman–Crippen LogP) is 4.25. The number of aromatic nitrogens is 1. The number of rotatable bonds is 10. The number of carbonyl (C=O) groups is 2. The summed E-state index contributed by atoms with van der Waals surface area (Å²) in [6, 6.07) is 12.2. The van der Waals surface area contributed by atoms with Gasteiger partial charge in [-0.1, -0.05) is 53.2 Å². The molecule has 0 radical (unpaired) electrons. The lowest BCUT2D eigenvalue weighted by Gasteiger charge is -2.32. The largest absolute Gasteiger partial charge is 0.394 e. The molecule has 4 rings (SSSR count). The smallest absolute Gasteiger partial charge is 0.243 e. The summed E-state index contributed by atoms with van der Waals surface area (Å²) in [5.41, 5.74) is 8.85. The zero-order chi connectivity index (χ0) is 27.1. The van der Waals surface area contributed by atoms with Crippen LogP contribution in [-0.2, 0) is 16.1 Å². The van der Waals surface area contributed by atoms with Gasteiger partial charge in [0.15, 0.2) is 4.34 Å². The second-order valence-electron chi connectivity index (χ2n) is 9.01. The standard InChI is InChI=1S/C26H29Cl2N5O3S2/c27-20-5-4-16(10-21(20)28)12-33-8-6-18(7-9-33)30-24(35)15-38-26-32-23(14-37-26)17-2-1-3-19(11-17)31-25(36)22(29)13-34/h1-5,10-11,14,18,22,34H,6-9,12-13,15,29H2,(H,30,35)(H,31,36)/t22-/m0/s1. The Morgan fingerprint density at radius 3 is 2.71 bits per heavy atom. The molecular formula is C26H29Cl2N5O3S2. The summed E-state index contributed by atoms with van der Waals surface area (Å²) in [5.74, 6) is -0.159. The number of benzene rings is 2. The third kappa shape index (κ3) is 8.16. The molecule has 202 valence electrons. The fourth-order valence-electron chi connectivity index (χ4n) is 4.06. The third-order valence-corrected chi connectivity index (χ3v) is 8.87. The number of nitrogens with two attached hydrogens (primary N) is 1. The topological polar surface area (TPSA) is 121 Å². The van der Waals surface area contributed by atoms with Crippen LogP contribution >= 0.6 is 46.3 Å². The van der Waals surface area contributed by atoms with E-state index in [0.29, 0.717) is 21.5 Å². The van der Waals surface area contributed by atoms with Crippen molar-refractivity contribution in [2.75, 3.05) is 30.8 Å². The van der Waals surface area contributed by atoms with Crippen LogP contribution < -0.4 is 16.4 Å². The number of piperidine rings is 1. The van der Waals surface area contributed by atoms with Gasteiger partial charge in [-0.25, -0.2) is 4.98 Å². The molecule has 0 saturated carbocycles. The Morgan fingerprint density at radius 2 is 1.97 bits per heavy atom. The molecule has 2 aromatic carbocycles. The molecule has 12 heteroatoms. The fraction of sp³-hybridized carbons (Fsp3) is 0.346. The van der Waals surface area contributed by atoms with Gasteiger partial charge in [-0.3, -0.25) is 14.5 Å². The number of nitrogens with one attached hydrogen (secondary N) is 2. The molecule has 0 aliphatic carbocycles. The van der Waals surface area contributed by atoms with E-state index in [1.165, 1.54) is 23.1 Å². The van der Waals surface area contributed by atoms with E-state index in [1.807, 2.05) is 35.7 Å². The van der Waals surface area contributed by atoms with Crippen LogP contribution in [0, 0.1) is 0 Å². The van der Waals surface area contributed by atoms with Crippen LogP contribution in [0.15, 0.2) is 52.2 Å². The number of hydrogen-bond acceptors (Lipinski definition) is 8. The second-order valence-corrected chi connectivity index (χ2v) is 11.9. The zero-order valence-corrected chi connectivity index (χ0v) is 23.7. The van der Waals surface area contributed by atoms with Crippen LogP contribution in [0.5, 0.6) is 0 Å². The molecule has 1 atom stereocenters. The molecule has 3 aromatic rings. The van der Waals surface area contributed by atoms with Crippen LogP contribution in [0.2, 0.25) is 10.0 Å². The van der Waals surface area contributed by atoms with Gasteiger partial charge >= 0.3 is 0 Å². The second kappa shape index (κ2) is 13.7. The Morgan fingerprint density at radius 1 is 1.18 bits per heavy atom. The number of thiazole rings is 1. The van der Waals surface area contributed by atoms with Crippen LogP contribution in [0.4, 0.5) is 5.69 Å². The Labute approximate surface area is 239 Å². The third-order valence-electron chi connectivity index (χ3n) is 6.11. The minimum Gasteiger partial charge on any atom is -0.394 e. The number of thioether (sulfide) groups is 1. The van der Waals surface area contributed by atoms with Crippen LogP contribution in [-0.4, -0.2) is 64.3 Å². The minimum atomic E-state index is -0.978. The van der Waals surface area contributed by atoms with Gasteiger partial charge in [0.1, 0.15) is 6.04 Å². The Hall–Kier alpha value is -2.18. The number of carbonyl (C=O) groups excluding carboxylic acids is 2. The van der Waals surface area contributed by atoms with Crippen molar-refractivity contribution in [3.05, 3.63) is 63.5 Å². The molecule has 1 fully saturated rings. The first-order valence-corrected chi connectivity index (χ1v) is 14.7. The highest BCUT2D eigenvalue weighted by atomic mass is 35.5. The predicted molar refractivity (Wildman–Crippen MR) is 155 cm³/mol. The van der Waals surface area contributed by atoms with Gasteiger partial charge < -0.3 is 21.5 Å².